The van der Waals surface area contributed by atoms with Crippen LogP contribution in [-0.4, -0.2) is 56.6 Å². The van der Waals surface area contributed by atoms with Gasteiger partial charge >= 0.3 is 0 Å². The SMILES string of the molecule is CS(=O)(=O)c1ccc(C(=O)N2CCCN(Cc3ccc(C#N)cc3)CC2)cc1. The zero-order valence-corrected chi connectivity index (χ0v) is 16.7. The van der Waals surface area contributed by atoms with E-state index in [0.29, 0.717) is 24.2 Å². The predicted octanol–water partition coefficient (Wildman–Crippen LogP) is 2.31. The predicted molar refractivity (Wildman–Crippen MR) is 107 cm³/mol. The van der Waals surface area contributed by atoms with E-state index in [1.54, 1.807) is 12.1 Å². The third-order valence-electron chi connectivity index (χ3n) is 4.89. The molecule has 0 saturated carbocycles. The average Bonchev–Trinajstić information content (AvgIpc) is 2.93. The Bertz CT molecular complexity index is 977. The Balaban J connectivity index is 1.61. The van der Waals surface area contributed by atoms with Gasteiger partial charge in [0, 0.05) is 44.5 Å². The van der Waals surface area contributed by atoms with Crippen molar-refractivity contribution in [2.45, 2.75) is 17.9 Å². The minimum absolute atomic E-state index is 0.0692. The second-order valence-electron chi connectivity index (χ2n) is 7.03. The molecule has 6 nitrogen and oxygen atoms in total. The monoisotopic (exact) mass is 397 g/mol. The minimum atomic E-state index is -3.27. The van der Waals surface area contributed by atoms with E-state index in [0.717, 1.165) is 37.9 Å². The summed E-state index contributed by atoms with van der Waals surface area (Å²) >= 11 is 0. The number of carbonyl (C=O) groups excluding carboxylic acids is 1. The lowest BCUT2D eigenvalue weighted by Crippen LogP contribution is -2.35. The molecule has 0 aromatic heterocycles. The molecule has 1 saturated heterocycles. The molecule has 0 bridgehead atoms. The van der Waals surface area contributed by atoms with E-state index in [-0.39, 0.29) is 10.8 Å². The normalized spacial score (nSPS) is 15.6. The summed E-state index contributed by atoms with van der Waals surface area (Å²) in [5.41, 5.74) is 2.31. The van der Waals surface area contributed by atoms with Gasteiger partial charge in [-0.3, -0.25) is 9.69 Å². The molecular formula is C21H23N3O3S. The third kappa shape index (κ3) is 4.97. The zero-order chi connectivity index (χ0) is 20.1. The van der Waals surface area contributed by atoms with Gasteiger partial charge in [0.1, 0.15) is 0 Å². The van der Waals surface area contributed by atoms with Crippen molar-refractivity contribution in [1.29, 1.82) is 5.26 Å². The Kier molecular flexibility index (Phi) is 6.12. The molecule has 146 valence electrons. The Morgan fingerprint density at radius 1 is 1.00 bits per heavy atom. The van der Waals surface area contributed by atoms with Crippen LogP contribution in [-0.2, 0) is 16.4 Å². The quantitative estimate of drug-likeness (QED) is 0.791. The van der Waals surface area contributed by atoms with Crippen LogP contribution in [0.15, 0.2) is 53.4 Å². The Morgan fingerprint density at radius 2 is 1.68 bits per heavy atom. The second-order valence-corrected chi connectivity index (χ2v) is 9.04. The summed E-state index contributed by atoms with van der Waals surface area (Å²) in [4.78, 5) is 17.1. The van der Waals surface area contributed by atoms with Gasteiger partial charge in [-0.1, -0.05) is 12.1 Å². The molecule has 7 heteroatoms. The molecule has 0 unspecified atom stereocenters. The number of nitriles is 1. The van der Waals surface area contributed by atoms with Crippen LogP contribution in [0.25, 0.3) is 0 Å². The molecular weight excluding hydrogens is 374 g/mol. The number of hydrogen-bond donors (Lipinski definition) is 0. The summed E-state index contributed by atoms with van der Waals surface area (Å²) < 4.78 is 23.1. The molecule has 0 N–H and O–H groups in total. The number of carbonyl (C=O) groups is 1. The molecule has 0 spiro atoms. The Hall–Kier alpha value is -2.69. The molecule has 1 amide bonds. The summed E-state index contributed by atoms with van der Waals surface area (Å²) in [6.45, 7) is 3.76. The first-order chi connectivity index (χ1) is 13.4. The van der Waals surface area contributed by atoms with Crippen molar-refractivity contribution in [3.63, 3.8) is 0 Å². The maximum Gasteiger partial charge on any atom is 0.253 e. The maximum atomic E-state index is 12.8. The second kappa shape index (κ2) is 8.55. The molecule has 3 rings (SSSR count). The van der Waals surface area contributed by atoms with Gasteiger partial charge in [-0.15, -0.1) is 0 Å². The van der Waals surface area contributed by atoms with Crippen LogP contribution in [0.3, 0.4) is 0 Å². The largest absolute Gasteiger partial charge is 0.337 e. The fraction of sp³-hybridized carbons (Fsp3) is 0.333. The molecule has 1 heterocycles. The minimum Gasteiger partial charge on any atom is -0.337 e. The van der Waals surface area contributed by atoms with E-state index in [9.17, 15) is 13.2 Å². The topological polar surface area (TPSA) is 81.5 Å². The van der Waals surface area contributed by atoms with E-state index in [1.165, 1.54) is 12.1 Å². The lowest BCUT2D eigenvalue weighted by molar-refractivity contribution is 0.0761. The van der Waals surface area contributed by atoms with Crippen LogP contribution in [0.5, 0.6) is 0 Å². The van der Waals surface area contributed by atoms with Gasteiger partial charge < -0.3 is 4.90 Å². The summed E-state index contributed by atoms with van der Waals surface area (Å²) in [5, 5.41) is 8.89. The Labute approximate surface area is 165 Å². The van der Waals surface area contributed by atoms with Crippen molar-refractivity contribution in [3.8, 4) is 6.07 Å². The van der Waals surface area contributed by atoms with Gasteiger partial charge in [-0.25, -0.2) is 8.42 Å². The maximum absolute atomic E-state index is 12.8. The van der Waals surface area contributed by atoms with Crippen molar-refractivity contribution in [3.05, 3.63) is 65.2 Å². The Morgan fingerprint density at radius 3 is 2.29 bits per heavy atom. The van der Waals surface area contributed by atoms with E-state index < -0.39 is 9.84 Å². The number of benzene rings is 2. The highest BCUT2D eigenvalue weighted by molar-refractivity contribution is 7.90. The fourth-order valence-electron chi connectivity index (χ4n) is 3.30. The van der Waals surface area contributed by atoms with E-state index in [1.807, 2.05) is 29.2 Å². The summed E-state index contributed by atoms with van der Waals surface area (Å²) in [6.07, 6.45) is 2.03. The van der Waals surface area contributed by atoms with Crippen molar-refractivity contribution < 1.29 is 13.2 Å². The van der Waals surface area contributed by atoms with Crippen molar-refractivity contribution in [1.82, 2.24) is 9.80 Å². The van der Waals surface area contributed by atoms with Gasteiger partial charge in [-0.2, -0.15) is 5.26 Å². The summed E-state index contributed by atoms with van der Waals surface area (Å²) in [7, 11) is -3.27. The first-order valence-corrected chi connectivity index (χ1v) is 11.1. The van der Waals surface area contributed by atoms with Gasteiger partial charge in [0.05, 0.1) is 16.5 Å². The number of rotatable bonds is 4. The van der Waals surface area contributed by atoms with Crippen LogP contribution >= 0.6 is 0 Å². The van der Waals surface area contributed by atoms with Crippen molar-refractivity contribution in [2.75, 3.05) is 32.4 Å². The highest BCUT2D eigenvalue weighted by atomic mass is 32.2. The highest BCUT2D eigenvalue weighted by Gasteiger charge is 2.21. The number of hydrogen-bond acceptors (Lipinski definition) is 5. The summed E-state index contributed by atoms with van der Waals surface area (Å²) in [5.74, 6) is -0.0692. The molecule has 1 fully saturated rings. The highest BCUT2D eigenvalue weighted by Crippen LogP contribution is 2.15. The lowest BCUT2D eigenvalue weighted by Gasteiger charge is -2.22. The third-order valence-corrected chi connectivity index (χ3v) is 6.02. The smallest absolute Gasteiger partial charge is 0.253 e. The van der Waals surface area contributed by atoms with Crippen LogP contribution < -0.4 is 0 Å². The van der Waals surface area contributed by atoms with Crippen molar-refractivity contribution >= 4 is 15.7 Å². The molecule has 28 heavy (non-hydrogen) atoms. The van der Waals surface area contributed by atoms with E-state index in [4.69, 9.17) is 5.26 Å². The lowest BCUT2D eigenvalue weighted by atomic mass is 10.1. The van der Waals surface area contributed by atoms with E-state index >= 15 is 0 Å². The van der Waals surface area contributed by atoms with Crippen molar-refractivity contribution in [2.24, 2.45) is 0 Å². The standard InChI is InChI=1S/C21H23N3O3S/c1-28(26,27)20-9-7-19(8-10-20)21(25)24-12-2-11-23(13-14-24)16-18-5-3-17(15-22)4-6-18/h3-10H,2,11-14,16H2,1H3. The molecule has 0 radical (unpaired) electrons. The van der Waals surface area contributed by atoms with E-state index in [2.05, 4.69) is 11.0 Å². The van der Waals surface area contributed by atoms with Gasteiger partial charge in [0.15, 0.2) is 9.84 Å². The molecule has 1 aliphatic rings. The molecule has 0 aliphatic carbocycles. The first kappa shape index (κ1) is 20.1. The molecule has 1 aliphatic heterocycles. The zero-order valence-electron chi connectivity index (χ0n) is 15.8. The number of nitrogens with zero attached hydrogens (tertiary/aromatic N) is 3. The molecule has 0 atom stereocenters. The van der Waals surface area contributed by atoms with Crippen LogP contribution in [0, 0.1) is 11.3 Å². The summed E-state index contributed by atoms with van der Waals surface area (Å²) in [6, 6.07) is 15.8. The van der Waals surface area contributed by atoms with Gasteiger partial charge in [0.25, 0.3) is 5.91 Å². The van der Waals surface area contributed by atoms with Gasteiger partial charge in [0.2, 0.25) is 0 Å². The van der Waals surface area contributed by atoms with Crippen LogP contribution in [0.4, 0.5) is 0 Å². The average molecular weight is 398 g/mol. The molecule has 2 aromatic carbocycles. The number of sulfone groups is 1. The van der Waals surface area contributed by atoms with Gasteiger partial charge in [-0.05, 0) is 48.4 Å². The van der Waals surface area contributed by atoms with Crippen LogP contribution in [0.2, 0.25) is 0 Å². The van der Waals surface area contributed by atoms with Crippen LogP contribution in [0.1, 0.15) is 27.9 Å². The fourth-order valence-corrected chi connectivity index (χ4v) is 3.93. The number of amides is 1. The molecule has 2 aromatic rings. The first-order valence-electron chi connectivity index (χ1n) is 9.17.